The van der Waals surface area contributed by atoms with E-state index >= 15 is 0 Å². The summed E-state index contributed by atoms with van der Waals surface area (Å²) in [5.41, 5.74) is 1.22. The number of aromatic nitrogens is 2. The minimum absolute atomic E-state index is 0.0862. The van der Waals surface area contributed by atoms with Crippen LogP contribution in [0.25, 0.3) is 0 Å². The number of aryl methyl sites for hydroxylation is 1. The van der Waals surface area contributed by atoms with Crippen molar-refractivity contribution in [2.45, 2.75) is 50.7 Å². The summed E-state index contributed by atoms with van der Waals surface area (Å²) >= 11 is 0. The summed E-state index contributed by atoms with van der Waals surface area (Å²) in [5.74, 6) is 0. The van der Waals surface area contributed by atoms with Crippen LogP contribution in [-0.4, -0.2) is 29.0 Å². The average molecular weight is 251 g/mol. The second-order valence-corrected chi connectivity index (χ2v) is 5.37. The molecule has 1 saturated carbocycles. The lowest BCUT2D eigenvalue weighted by Crippen LogP contribution is -2.43. The van der Waals surface area contributed by atoms with E-state index in [2.05, 4.69) is 23.4 Å². The molecule has 1 atom stereocenters. The monoisotopic (exact) mass is 251 g/mol. The molecule has 0 spiro atoms. The lowest BCUT2D eigenvalue weighted by atomic mass is 9.75. The molecule has 0 amide bonds. The molecule has 1 aromatic rings. The van der Waals surface area contributed by atoms with Gasteiger partial charge in [0.2, 0.25) is 0 Å². The zero-order valence-electron chi connectivity index (χ0n) is 11.8. The molecule has 102 valence electrons. The van der Waals surface area contributed by atoms with Crippen LogP contribution in [0.5, 0.6) is 0 Å². The van der Waals surface area contributed by atoms with Crippen LogP contribution >= 0.6 is 0 Å². The van der Waals surface area contributed by atoms with Crippen LogP contribution in [0.1, 0.15) is 50.8 Å². The van der Waals surface area contributed by atoms with Crippen molar-refractivity contribution in [1.82, 2.24) is 15.1 Å². The topological polar surface area (TPSA) is 39.1 Å². The van der Waals surface area contributed by atoms with Crippen molar-refractivity contribution in [3.63, 3.8) is 0 Å². The predicted molar refractivity (Wildman–Crippen MR) is 72.5 cm³/mol. The molecule has 1 aromatic heterocycles. The summed E-state index contributed by atoms with van der Waals surface area (Å²) in [4.78, 5) is 0. The molecule has 0 radical (unpaired) electrons. The van der Waals surface area contributed by atoms with Crippen LogP contribution in [0, 0.1) is 0 Å². The number of hydrogen-bond acceptors (Lipinski definition) is 3. The van der Waals surface area contributed by atoms with Gasteiger partial charge in [0.1, 0.15) is 0 Å². The van der Waals surface area contributed by atoms with Gasteiger partial charge >= 0.3 is 0 Å². The second kappa shape index (κ2) is 5.85. The van der Waals surface area contributed by atoms with Crippen LogP contribution in [0.3, 0.4) is 0 Å². The second-order valence-electron chi connectivity index (χ2n) is 5.37. The minimum atomic E-state index is 0.0862. The predicted octanol–water partition coefficient (Wildman–Crippen LogP) is 2.42. The van der Waals surface area contributed by atoms with Crippen LogP contribution in [-0.2, 0) is 11.8 Å². The molecular weight excluding hydrogens is 226 g/mol. The van der Waals surface area contributed by atoms with E-state index in [1.807, 2.05) is 25.0 Å². The molecule has 1 heterocycles. The maximum atomic E-state index is 5.74. The van der Waals surface area contributed by atoms with E-state index in [4.69, 9.17) is 4.74 Å². The number of ether oxygens (including phenoxy) is 1. The Morgan fingerprint density at radius 3 is 2.78 bits per heavy atom. The molecular formula is C14H25N3O. The smallest absolute Gasteiger partial charge is 0.0794 e. The fourth-order valence-electron chi connectivity index (χ4n) is 2.65. The Bertz CT molecular complexity index is 365. The Morgan fingerprint density at radius 2 is 2.33 bits per heavy atom. The molecule has 4 heteroatoms. The highest BCUT2D eigenvalue weighted by Crippen LogP contribution is 2.41. The molecule has 18 heavy (non-hydrogen) atoms. The molecule has 1 unspecified atom stereocenters. The standard InChI is InChI=1S/C14H25N3O/c1-4-9-15-13(12-6-10-17(2)16-12)11-14(18-3)7-5-8-14/h6,10,13,15H,4-5,7-9,11H2,1-3H3. The molecule has 1 N–H and O–H groups in total. The third-order valence-corrected chi connectivity index (χ3v) is 4.01. The molecule has 0 saturated heterocycles. The maximum Gasteiger partial charge on any atom is 0.0794 e. The van der Waals surface area contributed by atoms with Crippen molar-refractivity contribution in [2.75, 3.05) is 13.7 Å². The Labute approximate surface area is 110 Å². The third-order valence-electron chi connectivity index (χ3n) is 4.01. The lowest BCUT2D eigenvalue weighted by Gasteiger charge is -2.42. The minimum Gasteiger partial charge on any atom is -0.378 e. The number of rotatable bonds is 7. The quantitative estimate of drug-likeness (QED) is 0.809. The number of hydrogen-bond donors (Lipinski definition) is 1. The van der Waals surface area contributed by atoms with Crippen LogP contribution in [0.15, 0.2) is 12.3 Å². The van der Waals surface area contributed by atoms with Crippen molar-refractivity contribution >= 4 is 0 Å². The Balaban J connectivity index is 2.05. The van der Waals surface area contributed by atoms with E-state index in [0.717, 1.165) is 25.1 Å². The molecule has 1 aliphatic carbocycles. The number of nitrogens with one attached hydrogen (secondary N) is 1. The molecule has 0 aromatic carbocycles. The number of nitrogens with zero attached hydrogens (tertiary/aromatic N) is 2. The van der Waals surface area contributed by atoms with Gasteiger partial charge in [-0.05, 0) is 44.7 Å². The van der Waals surface area contributed by atoms with Crippen molar-refractivity contribution in [3.05, 3.63) is 18.0 Å². The van der Waals surface area contributed by atoms with Crippen LogP contribution < -0.4 is 5.32 Å². The van der Waals surface area contributed by atoms with E-state index in [1.165, 1.54) is 19.3 Å². The van der Waals surface area contributed by atoms with Crippen LogP contribution in [0.4, 0.5) is 0 Å². The zero-order valence-corrected chi connectivity index (χ0v) is 11.8. The summed E-state index contributed by atoms with van der Waals surface area (Å²) in [6.45, 7) is 3.22. The van der Waals surface area contributed by atoms with Gasteiger partial charge in [0.25, 0.3) is 0 Å². The Hall–Kier alpha value is -0.870. The first-order valence-corrected chi connectivity index (χ1v) is 6.97. The van der Waals surface area contributed by atoms with E-state index in [-0.39, 0.29) is 5.60 Å². The van der Waals surface area contributed by atoms with Gasteiger partial charge in [-0.25, -0.2) is 0 Å². The molecule has 2 rings (SSSR count). The van der Waals surface area contributed by atoms with E-state index in [1.54, 1.807) is 0 Å². The Kier molecular flexibility index (Phi) is 4.40. The highest BCUT2D eigenvalue weighted by molar-refractivity contribution is 5.08. The van der Waals surface area contributed by atoms with Gasteiger partial charge in [-0.1, -0.05) is 6.92 Å². The summed E-state index contributed by atoms with van der Waals surface area (Å²) in [7, 11) is 3.81. The maximum absolute atomic E-state index is 5.74. The first-order chi connectivity index (χ1) is 8.69. The van der Waals surface area contributed by atoms with Gasteiger partial charge in [-0.15, -0.1) is 0 Å². The van der Waals surface area contributed by atoms with E-state index in [9.17, 15) is 0 Å². The average Bonchev–Trinajstić information content (AvgIpc) is 2.74. The SMILES string of the molecule is CCCNC(CC1(OC)CCC1)c1ccn(C)n1. The molecule has 1 aliphatic rings. The third kappa shape index (κ3) is 2.93. The van der Waals surface area contributed by atoms with Gasteiger partial charge in [0, 0.05) is 20.4 Å². The van der Waals surface area contributed by atoms with E-state index < -0.39 is 0 Å². The van der Waals surface area contributed by atoms with Gasteiger partial charge in [-0.3, -0.25) is 4.68 Å². The van der Waals surface area contributed by atoms with Crippen molar-refractivity contribution in [2.24, 2.45) is 7.05 Å². The largest absolute Gasteiger partial charge is 0.378 e. The van der Waals surface area contributed by atoms with E-state index in [0.29, 0.717) is 6.04 Å². The summed E-state index contributed by atoms with van der Waals surface area (Å²) in [6.07, 6.45) is 7.83. The van der Waals surface area contributed by atoms with Gasteiger partial charge in [0.05, 0.1) is 17.3 Å². The van der Waals surface area contributed by atoms with Gasteiger partial charge in [-0.2, -0.15) is 5.10 Å². The van der Waals surface area contributed by atoms with Crippen molar-refractivity contribution < 1.29 is 4.74 Å². The van der Waals surface area contributed by atoms with Gasteiger partial charge in [0.15, 0.2) is 0 Å². The number of methoxy groups -OCH3 is 1. The normalized spacial score (nSPS) is 19.5. The molecule has 0 aliphatic heterocycles. The zero-order chi connectivity index (χ0) is 13.0. The highest BCUT2D eigenvalue weighted by atomic mass is 16.5. The summed E-state index contributed by atoms with van der Waals surface area (Å²) < 4.78 is 7.61. The Morgan fingerprint density at radius 1 is 1.56 bits per heavy atom. The fourth-order valence-corrected chi connectivity index (χ4v) is 2.65. The summed E-state index contributed by atoms with van der Waals surface area (Å²) in [6, 6.07) is 2.42. The summed E-state index contributed by atoms with van der Waals surface area (Å²) in [5, 5.41) is 8.14. The van der Waals surface area contributed by atoms with Crippen molar-refractivity contribution in [1.29, 1.82) is 0 Å². The van der Waals surface area contributed by atoms with Crippen LogP contribution in [0.2, 0.25) is 0 Å². The lowest BCUT2D eigenvalue weighted by molar-refractivity contribution is -0.0840. The first kappa shape index (κ1) is 13.6. The molecule has 1 fully saturated rings. The molecule has 0 bridgehead atoms. The van der Waals surface area contributed by atoms with Gasteiger partial charge < -0.3 is 10.1 Å². The first-order valence-electron chi connectivity index (χ1n) is 6.97. The highest BCUT2D eigenvalue weighted by Gasteiger charge is 2.39. The molecule has 4 nitrogen and oxygen atoms in total. The van der Waals surface area contributed by atoms with Crippen molar-refractivity contribution in [3.8, 4) is 0 Å². The fraction of sp³-hybridized carbons (Fsp3) is 0.786.